The van der Waals surface area contributed by atoms with E-state index in [-0.39, 0.29) is 0 Å². The highest BCUT2D eigenvalue weighted by Gasteiger charge is 2.49. The van der Waals surface area contributed by atoms with Gasteiger partial charge < -0.3 is 5.73 Å². The second kappa shape index (κ2) is 3.69. The lowest BCUT2D eigenvalue weighted by atomic mass is 9.51. The van der Waals surface area contributed by atoms with Crippen molar-refractivity contribution in [3.63, 3.8) is 0 Å². The molecule has 0 amide bonds. The molecule has 4 saturated carbocycles. The molecule has 4 aliphatic rings. The highest BCUT2D eigenvalue weighted by molar-refractivity contribution is 5.26. The zero-order valence-electron chi connectivity index (χ0n) is 11.0. The van der Waals surface area contributed by atoms with Crippen molar-refractivity contribution in [3.05, 3.63) is 17.5 Å². The number of rotatable bonds is 1. The van der Waals surface area contributed by atoms with Gasteiger partial charge in [-0.3, -0.25) is 0 Å². The second-order valence-corrected chi connectivity index (χ2v) is 6.75. The van der Waals surface area contributed by atoms with Crippen LogP contribution >= 0.6 is 0 Å². The minimum Gasteiger partial charge on any atom is -0.368 e. The van der Waals surface area contributed by atoms with Crippen molar-refractivity contribution < 1.29 is 0 Å². The molecule has 4 bridgehead atoms. The van der Waals surface area contributed by atoms with Crippen LogP contribution in [0.2, 0.25) is 0 Å². The van der Waals surface area contributed by atoms with E-state index < -0.39 is 0 Å². The van der Waals surface area contributed by atoms with Crippen molar-refractivity contribution in [2.75, 3.05) is 5.73 Å². The number of hydrogen-bond donors (Lipinski definition) is 1. The van der Waals surface area contributed by atoms with E-state index in [4.69, 9.17) is 5.73 Å². The van der Waals surface area contributed by atoms with Crippen molar-refractivity contribution >= 4 is 5.95 Å². The van der Waals surface area contributed by atoms with Crippen LogP contribution in [0.4, 0.5) is 5.95 Å². The lowest BCUT2D eigenvalue weighted by Crippen LogP contribution is -2.44. The number of nitrogens with zero attached hydrogens (tertiary/aromatic N) is 2. The van der Waals surface area contributed by atoms with Crippen molar-refractivity contribution in [3.8, 4) is 0 Å². The molecule has 3 heteroatoms. The average molecular weight is 243 g/mol. The summed E-state index contributed by atoms with van der Waals surface area (Å²) in [5, 5.41) is 0. The third kappa shape index (κ3) is 1.56. The summed E-state index contributed by atoms with van der Waals surface area (Å²) in [6, 6.07) is 2.17. The maximum Gasteiger partial charge on any atom is 0.220 e. The van der Waals surface area contributed by atoms with Gasteiger partial charge in [0.15, 0.2) is 0 Å². The predicted molar refractivity (Wildman–Crippen MR) is 71.0 cm³/mol. The van der Waals surface area contributed by atoms with Crippen molar-refractivity contribution in [1.82, 2.24) is 9.97 Å². The van der Waals surface area contributed by atoms with Gasteiger partial charge in [0, 0.05) is 17.3 Å². The maximum absolute atomic E-state index is 5.83. The van der Waals surface area contributed by atoms with Crippen LogP contribution in [0.1, 0.15) is 49.4 Å². The predicted octanol–water partition coefficient (Wildman–Crippen LogP) is 2.91. The number of nitrogens with two attached hydrogens (primary N) is 1. The molecule has 2 N–H and O–H groups in total. The first-order chi connectivity index (χ1) is 8.69. The van der Waals surface area contributed by atoms with Crippen molar-refractivity contribution in [1.29, 1.82) is 0 Å². The first-order valence-electron chi connectivity index (χ1n) is 7.30. The van der Waals surface area contributed by atoms with Gasteiger partial charge in [-0.15, -0.1) is 0 Å². The molecule has 0 radical (unpaired) electrons. The molecule has 4 fully saturated rings. The van der Waals surface area contributed by atoms with E-state index in [0.29, 0.717) is 11.9 Å². The van der Waals surface area contributed by atoms with Crippen molar-refractivity contribution in [2.24, 2.45) is 23.7 Å². The number of aryl methyl sites for hydroxylation is 1. The fourth-order valence-corrected chi connectivity index (χ4v) is 5.20. The molecule has 1 heterocycles. The fourth-order valence-electron chi connectivity index (χ4n) is 5.20. The lowest BCUT2D eigenvalue weighted by Gasteiger charge is -2.54. The molecule has 96 valence electrons. The first kappa shape index (κ1) is 10.8. The molecule has 0 saturated heterocycles. The van der Waals surface area contributed by atoms with Crippen LogP contribution in [0, 0.1) is 30.6 Å². The van der Waals surface area contributed by atoms with Gasteiger partial charge in [-0.05, 0) is 68.8 Å². The Labute approximate surface area is 108 Å². The van der Waals surface area contributed by atoms with Gasteiger partial charge >= 0.3 is 0 Å². The molecule has 0 unspecified atom stereocenters. The number of nitrogen functional groups attached to an aromatic ring is 1. The maximum atomic E-state index is 5.83. The molecule has 1 aromatic heterocycles. The Balaban J connectivity index is 1.72. The highest BCUT2D eigenvalue weighted by atomic mass is 15.0. The van der Waals surface area contributed by atoms with E-state index in [1.807, 2.05) is 6.92 Å². The minimum absolute atomic E-state index is 0.457. The Bertz CT molecular complexity index is 434. The third-order valence-electron chi connectivity index (χ3n) is 5.46. The minimum atomic E-state index is 0.457. The summed E-state index contributed by atoms with van der Waals surface area (Å²) in [7, 11) is 0. The van der Waals surface area contributed by atoms with Gasteiger partial charge in [-0.2, -0.15) is 0 Å². The van der Waals surface area contributed by atoms with Gasteiger partial charge in [0.05, 0.1) is 0 Å². The highest BCUT2D eigenvalue weighted by Crippen LogP contribution is 2.59. The van der Waals surface area contributed by atoms with Crippen LogP contribution in [0.5, 0.6) is 0 Å². The smallest absolute Gasteiger partial charge is 0.220 e. The third-order valence-corrected chi connectivity index (χ3v) is 5.46. The summed E-state index contributed by atoms with van der Waals surface area (Å²) >= 11 is 0. The standard InChI is InChI=1S/C15H21N3/c1-8-2-13(18-15(16)17-8)14-11-4-9-3-10(6-11)7-12(14)5-9/h2,9-12,14H,3-7H2,1H3,(H2,16,17,18). The summed E-state index contributed by atoms with van der Waals surface area (Å²) < 4.78 is 0. The quantitative estimate of drug-likeness (QED) is 0.825. The van der Waals surface area contributed by atoms with E-state index in [1.54, 1.807) is 0 Å². The van der Waals surface area contributed by atoms with Crippen LogP contribution in [-0.2, 0) is 0 Å². The largest absolute Gasteiger partial charge is 0.368 e. The fraction of sp³-hybridized carbons (Fsp3) is 0.733. The Morgan fingerprint density at radius 2 is 1.61 bits per heavy atom. The SMILES string of the molecule is Cc1cc(C2C3CC4CC(C3)CC2C4)nc(N)n1. The van der Waals surface area contributed by atoms with Gasteiger partial charge in [-0.1, -0.05) is 0 Å². The molecule has 4 aliphatic carbocycles. The number of aromatic nitrogens is 2. The molecular formula is C15H21N3. The monoisotopic (exact) mass is 243 g/mol. The summed E-state index contributed by atoms with van der Waals surface area (Å²) in [5.41, 5.74) is 8.08. The molecule has 0 atom stereocenters. The summed E-state index contributed by atoms with van der Waals surface area (Å²) in [6.07, 6.45) is 7.23. The van der Waals surface area contributed by atoms with Crippen LogP contribution in [-0.4, -0.2) is 9.97 Å². The molecule has 1 aromatic rings. The normalized spacial score (nSPS) is 41.3. The van der Waals surface area contributed by atoms with Crippen LogP contribution in [0.3, 0.4) is 0 Å². The summed E-state index contributed by atoms with van der Waals surface area (Å²) in [6.45, 7) is 2.03. The Morgan fingerprint density at radius 1 is 1.00 bits per heavy atom. The topological polar surface area (TPSA) is 51.8 Å². The number of hydrogen-bond acceptors (Lipinski definition) is 3. The van der Waals surface area contributed by atoms with Crippen LogP contribution in [0.25, 0.3) is 0 Å². The zero-order chi connectivity index (χ0) is 12.3. The molecule has 3 nitrogen and oxygen atoms in total. The molecule has 0 aliphatic heterocycles. The zero-order valence-corrected chi connectivity index (χ0v) is 11.0. The Hall–Kier alpha value is -1.12. The van der Waals surface area contributed by atoms with Gasteiger partial charge in [0.25, 0.3) is 0 Å². The molecule has 5 rings (SSSR count). The van der Waals surface area contributed by atoms with E-state index in [9.17, 15) is 0 Å². The van der Waals surface area contributed by atoms with E-state index >= 15 is 0 Å². The Kier molecular flexibility index (Phi) is 2.21. The lowest BCUT2D eigenvalue weighted by molar-refractivity contribution is -0.00415. The van der Waals surface area contributed by atoms with Crippen molar-refractivity contribution in [2.45, 2.75) is 44.9 Å². The van der Waals surface area contributed by atoms with Gasteiger partial charge in [0.1, 0.15) is 0 Å². The molecular weight excluding hydrogens is 222 g/mol. The Morgan fingerprint density at radius 3 is 2.17 bits per heavy atom. The van der Waals surface area contributed by atoms with Gasteiger partial charge in [-0.25, -0.2) is 9.97 Å². The number of anilines is 1. The second-order valence-electron chi connectivity index (χ2n) is 6.75. The molecule has 0 aromatic carbocycles. The van der Waals surface area contributed by atoms with E-state index in [1.165, 1.54) is 37.8 Å². The average Bonchev–Trinajstić information content (AvgIpc) is 2.25. The van der Waals surface area contributed by atoms with E-state index in [2.05, 4.69) is 16.0 Å². The van der Waals surface area contributed by atoms with E-state index in [0.717, 1.165) is 29.4 Å². The van der Waals surface area contributed by atoms with Crippen LogP contribution < -0.4 is 5.73 Å². The van der Waals surface area contributed by atoms with Gasteiger partial charge in [0.2, 0.25) is 5.95 Å². The summed E-state index contributed by atoms with van der Waals surface area (Å²) in [4.78, 5) is 8.76. The summed E-state index contributed by atoms with van der Waals surface area (Å²) in [5.74, 6) is 4.90. The van der Waals surface area contributed by atoms with Crippen LogP contribution in [0.15, 0.2) is 6.07 Å². The first-order valence-corrected chi connectivity index (χ1v) is 7.30. The molecule has 18 heavy (non-hydrogen) atoms. The molecule has 0 spiro atoms.